The minimum absolute atomic E-state index is 0.0402. The molecular weight excluding hydrogens is 283 g/mol. The van der Waals surface area contributed by atoms with Crippen molar-refractivity contribution in [3.05, 3.63) is 25.9 Å². The van der Waals surface area contributed by atoms with Crippen LogP contribution in [0.2, 0.25) is 0 Å². The molecule has 0 aliphatic carbocycles. The second-order valence-corrected chi connectivity index (χ2v) is 3.62. The first-order valence-electron chi connectivity index (χ1n) is 3.96. The number of ether oxygens (including phenoxy) is 1. The van der Waals surface area contributed by atoms with E-state index in [1.54, 1.807) is 0 Å². The van der Waals surface area contributed by atoms with Gasteiger partial charge in [-0.25, -0.2) is 4.98 Å². The zero-order chi connectivity index (χ0) is 9.84. The average Bonchev–Trinajstić information content (AvgIpc) is 2.13. The first-order chi connectivity index (χ1) is 6.16. The van der Waals surface area contributed by atoms with Crippen LogP contribution in [-0.4, -0.2) is 16.2 Å². The lowest BCUT2D eigenvalue weighted by Gasteiger charge is -2.05. The van der Waals surface area contributed by atoms with Crippen LogP contribution >= 0.6 is 22.6 Å². The van der Waals surface area contributed by atoms with E-state index >= 15 is 0 Å². The largest absolute Gasteiger partial charge is 0.361 e. The number of hydrogen-bond acceptors (Lipinski definition) is 3. The van der Waals surface area contributed by atoms with E-state index < -0.39 is 0 Å². The van der Waals surface area contributed by atoms with Crippen molar-refractivity contribution in [1.82, 2.24) is 9.55 Å². The summed E-state index contributed by atoms with van der Waals surface area (Å²) in [5, 5.41) is 0. The number of hydrogen-bond donors (Lipinski definition) is 0. The van der Waals surface area contributed by atoms with Crippen LogP contribution < -0.4 is 5.56 Å². The Bertz CT molecular complexity index is 348. The van der Waals surface area contributed by atoms with Crippen LogP contribution in [-0.2, 0) is 11.5 Å². The summed E-state index contributed by atoms with van der Waals surface area (Å²) >= 11 is 1.99. The molecule has 0 unspecified atom stereocenters. The molecule has 0 saturated carbocycles. The summed E-state index contributed by atoms with van der Waals surface area (Å²) in [5.41, 5.74) is 0.722. The minimum Gasteiger partial charge on any atom is -0.361 e. The quantitative estimate of drug-likeness (QED) is 0.786. The molecule has 0 N–H and O–H groups in total. The van der Waals surface area contributed by atoms with E-state index in [0.717, 1.165) is 5.69 Å². The summed E-state index contributed by atoms with van der Waals surface area (Å²) in [6.45, 7) is 4.57. The van der Waals surface area contributed by atoms with Crippen molar-refractivity contribution in [1.29, 1.82) is 0 Å². The lowest BCUT2D eigenvalue weighted by atomic mass is 10.4. The Morgan fingerprint density at radius 2 is 2.38 bits per heavy atom. The van der Waals surface area contributed by atoms with Gasteiger partial charge in [-0.1, -0.05) is 0 Å². The van der Waals surface area contributed by atoms with Gasteiger partial charge in [0.05, 0.1) is 15.6 Å². The van der Waals surface area contributed by atoms with Gasteiger partial charge in [0.1, 0.15) is 6.73 Å². The number of aryl methyl sites for hydroxylation is 1. The molecule has 0 amide bonds. The van der Waals surface area contributed by atoms with Crippen LogP contribution in [0.1, 0.15) is 12.6 Å². The summed E-state index contributed by atoms with van der Waals surface area (Å²) in [6.07, 6.45) is 1.51. The van der Waals surface area contributed by atoms with Crippen molar-refractivity contribution in [2.45, 2.75) is 20.6 Å². The second-order valence-electron chi connectivity index (χ2n) is 2.54. The minimum atomic E-state index is -0.0402. The molecule has 1 aromatic rings. The van der Waals surface area contributed by atoms with E-state index in [4.69, 9.17) is 4.74 Å². The fourth-order valence-electron chi connectivity index (χ4n) is 0.828. The Kier molecular flexibility index (Phi) is 3.86. The Morgan fingerprint density at radius 1 is 1.69 bits per heavy atom. The third kappa shape index (κ3) is 2.50. The molecule has 0 radical (unpaired) electrons. The first-order valence-corrected chi connectivity index (χ1v) is 5.04. The van der Waals surface area contributed by atoms with Crippen molar-refractivity contribution < 1.29 is 4.74 Å². The Labute approximate surface area is 90.1 Å². The highest BCUT2D eigenvalue weighted by atomic mass is 127. The molecular formula is C8H11IN2O2. The van der Waals surface area contributed by atoms with Crippen molar-refractivity contribution in [2.24, 2.45) is 0 Å². The fraction of sp³-hybridized carbons (Fsp3) is 0.500. The molecule has 0 atom stereocenters. The SMILES string of the molecule is CCOCn1cnc(C)c(I)c1=O. The van der Waals surface area contributed by atoms with E-state index in [0.29, 0.717) is 10.2 Å². The summed E-state index contributed by atoms with van der Waals surface area (Å²) in [4.78, 5) is 15.6. The van der Waals surface area contributed by atoms with Crippen molar-refractivity contribution in [2.75, 3.05) is 6.61 Å². The van der Waals surface area contributed by atoms with Gasteiger partial charge in [0, 0.05) is 6.61 Å². The molecule has 5 heteroatoms. The van der Waals surface area contributed by atoms with Crippen LogP contribution in [0.3, 0.4) is 0 Å². The van der Waals surface area contributed by atoms with Gasteiger partial charge < -0.3 is 4.74 Å². The molecule has 0 spiro atoms. The van der Waals surface area contributed by atoms with Gasteiger partial charge in [-0.05, 0) is 36.4 Å². The molecule has 1 heterocycles. The zero-order valence-electron chi connectivity index (χ0n) is 7.58. The normalized spacial score (nSPS) is 10.4. The molecule has 0 aliphatic heterocycles. The number of aromatic nitrogens is 2. The predicted molar refractivity (Wildman–Crippen MR) is 57.6 cm³/mol. The predicted octanol–water partition coefficient (Wildman–Crippen LogP) is 1.15. The highest BCUT2D eigenvalue weighted by Gasteiger charge is 2.03. The van der Waals surface area contributed by atoms with E-state index in [1.807, 2.05) is 36.4 Å². The van der Waals surface area contributed by atoms with Crippen molar-refractivity contribution in [3.63, 3.8) is 0 Å². The number of halogens is 1. The topological polar surface area (TPSA) is 44.1 Å². The molecule has 13 heavy (non-hydrogen) atoms. The maximum atomic E-state index is 11.5. The average molecular weight is 294 g/mol. The Balaban J connectivity index is 2.97. The summed E-state index contributed by atoms with van der Waals surface area (Å²) in [6, 6.07) is 0. The molecule has 0 bridgehead atoms. The molecule has 0 fully saturated rings. The summed E-state index contributed by atoms with van der Waals surface area (Å²) in [5.74, 6) is 0. The summed E-state index contributed by atoms with van der Waals surface area (Å²) < 4.78 is 7.22. The fourth-order valence-corrected chi connectivity index (χ4v) is 1.28. The van der Waals surface area contributed by atoms with E-state index in [9.17, 15) is 4.79 Å². The highest BCUT2D eigenvalue weighted by Crippen LogP contribution is 2.00. The second kappa shape index (κ2) is 4.71. The zero-order valence-corrected chi connectivity index (χ0v) is 9.74. The molecule has 4 nitrogen and oxygen atoms in total. The van der Waals surface area contributed by atoms with Gasteiger partial charge in [-0.15, -0.1) is 0 Å². The number of rotatable bonds is 3. The van der Waals surface area contributed by atoms with Crippen molar-refractivity contribution in [3.8, 4) is 0 Å². The van der Waals surface area contributed by atoms with Gasteiger partial charge in [-0.3, -0.25) is 9.36 Å². The van der Waals surface area contributed by atoms with Gasteiger partial charge in [0.2, 0.25) is 0 Å². The van der Waals surface area contributed by atoms with Gasteiger partial charge in [-0.2, -0.15) is 0 Å². The number of nitrogens with zero attached hydrogens (tertiary/aromatic N) is 2. The molecule has 0 saturated heterocycles. The smallest absolute Gasteiger partial charge is 0.268 e. The first kappa shape index (κ1) is 10.6. The molecule has 0 aliphatic rings. The van der Waals surface area contributed by atoms with Crippen LogP contribution in [0.15, 0.2) is 11.1 Å². The van der Waals surface area contributed by atoms with Crippen LogP contribution in [0.5, 0.6) is 0 Å². The third-order valence-electron chi connectivity index (χ3n) is 1.59. The third-order valence-corrected chi connectivity index (χ3v) is 2.83. The van der Waals surface area contributed by atoms with Crippen molar-refractivity contribution >= 4 is 22.6 Å². The molecule has 1 rings (SSSR count). The molecule has 0 aromatic carbocycles. The maximum absolute atomic E-state index is 11.5. The van der Waals surface area contributed by atoms with Gasteiger partial charge in [0.15, 0.2) is 0 Å². The molecule has 1 aromatic heterocycles. The summed E-state index contributed by atoms with van der Waals surface area (Å²) in [7, 11) is 0. The van der Waals surface area contributed by atoms with Gasteiger partial charge >= 0.3 is 0 Å². The van der Waals surface area contributed by atoms with Crippen LogP contribution in [0.25, 0.3) is 0 Å². The lowest BCUT2D eigenvalue weighted by Crippen LogP contribution is -2.25. The molecule has 72 valence electrons. The Hall–Kier alpha value is -0.430. The Morgan fingerprint density at radius 3 is 3.00 bits per heavy atom. The lowest BCUT2D eigenvalue weighted by molar-refractivity contribution is 0.0843. The maximum Gasteiger partial charge on any atom is 0.268 e. The van der Waals surface area contributed by atoms with Gasteiger partial charge in [0.25, 0.3) is 5.56 Å². The van der Waals surface area contributed by atoms with E-state index in [1.165, 1.54) is 10.9 Å². The van der Waals surface area contributed by atoms with E-state index in [-0.39, 0.29) is 12.3 Å². The highest BCUT2D eigenvalue weighted by molar-refractivity contribution is 14.1. The van der Waals surface area contributed by atoms with Crippen LogP contribution in [0, 0.1) is 10.5 Å². The van der Waals surface area contributed by atoms with E-state index in [2.05, 4.69) is 4.98 Å². The standard InChI is InChI=1S/C8H11IN2O2/c1-3-13-5-11-4-10-6(2)7(9)8(11)12/h4H,3,5H2,1-2H3. The van der Waals surface area contributed by atoms with Crippen LogP contribution in [0.4, 0.5) is 0 Å². The monoisotopic (exact) mass is 294 g/mol.